The van der Waals surface area contributed by atoms with Crippen LogP contribution in [0.3, 0.4) is 0 Å². The van der Waals surface area contributed by atoms with E-state index in [4.69, 9.17) is 4.74 Å². The first-order chi connectivity index (χ1) is 20.1. The average molecular weight is 576 g/mol. The van der Waals surface area contributed by atoms with Gasteiger partial charge in [-0.05, 0) is 70.1 Å². The monoisotopic (exact) mass is 575 g/mol. The van der Waals surface area contributed by atoms with Crippen molar-refractivity contribution in [2.75, 3.05) is 25.0 Å². The summed E-state index contributed by atoms with van der Waals surface area (Å²) in [6, 6.07) is 16.1. The molecule has 0 aliphatic carbocycles. The molecule has 224 valence electrons. The Bertz CT molecular complexity index is 1300. The Morgan fingerprint density at radius 3 is 2.36 bits per heavy atom. The molecule has 0 unspecified atom stereocenters. The van der Waals surface area contributed by atoms with Crippen molar-refractivity contribution in [3.8, 4) is 0 Å². The van der Waals surface area contributed by atoms with Crippen molar-refractivity contribution in [2.24, 2.45) is 0 Å². The van der Waals surface area contributed by atoms with Gasteiger partial charge in [0.2, 0.25) is 5.91 Å². The minimum Gasteiger partial charge on any atom is -0.459 e. The summed E-state index contributed by atoms with van der Waals surface area (Å²) in [6.07, 6.45) is 3.19. The van der Waals surface area contributed by atoms with E-state index in [0.717, 1.165) is 16.8 Å². The molecule has 0 aromatic heterocycles. The number of ether oxygens (including phenoxy) is 1. The van der Waals surface area contributed by atoms with E-state index >= 15 is 0 Å². The van der Waals surface area contributed by atoms with Gasteiger partial charge in [-0.25, -0.2) is 9.59 Å². The third-order valence-electron chi connectivity index (χ3n) is 8.18. The van der Waals surface area contributed by atoms with Crippen molar-refractivity contribution < 1.29 is 23.9 Å². The van der Waals surface area contributed by atoms with Crippen LogP contribution in [0.25, 0.3) is 0 Å². The molecule has 3 aliphatic heterocycles. The fraction of sp³-hybridized carbons (Fsp3) is 0.500. The number of piperidine rings is 1. The topological polar surface area (TPSA) is 111 Å². The van der Waals surface area contributed by atoms with E-state index in [9.17, 15) is 19.2 Å². The molecule has 10 nitrogen and oxygen atoms in total. The Kier molecular flexibility index (Phi) is 8.70. The third-order valence-corrected chi connectivity index (χ3v) is 8.18. The zero-order valence-corrected chi connectivity index (χ0v) is 24.7. The Morgan fingerprint density at radius 2 is 1.64 bits per heavy atom. The van der Waals surface area contributed by atoms with Crippen LogP contribution in [-0.2, 0) is 20.9 Å². The van der Waals surface area contributed by atoms with Crippen LogP contribution in [-0.4, -0.2) is 76.0 Å². The normalized spacial score (nSPS) is 21.7. The molecule has 3 heterocycles. The highest BCUT2D eigenvalue weighted by atomic mass is 16.6. The number of hydrogen-bond donors (Lipinski definition) is 2. The van der Waals surface area contributed by atoms with E-state index < -0.39 is 17.6 Å². The molecule has 5 rings (SSSR count). The number of nitrogens with zero attached hydrogens (tertiary/aromatic N) is 3. The first-order valence-corrected chi connectivity index (χ1v) is 14.9. The summed E-state index contributed by atoms with van der Waals surface area (Å²) in [5.41, 5.74) is 2.20. The summed E-state index contributed by atoms with van der Waals surface area (Å²) in [4.78, 5) is 58.0. The van der Waals surface area contributed by atoms with Gasteiger partial charge in [0.25, 0.3) is 0 Å². The summed E-state index contributed by atoms with van der Waals surface area (Å²) in [5, 5.41) is 5.94. The smallest absolute Gasteiger partial charge is 0.326 e. The lowest BCUT2D eigenvalue weighted by molar-refractivity contribution is -0.160. The third kappa shape index (κ3) is 6.86. The lowest BCUT2D eigenvalue weighted by Gasteiger charge is -2.40. The number of anilines is 1. The molecule has 2 atom stereocenters. The van der Waals surface area contributed by atoms with Crippen molar-refractivity contribution >= 4 is 29.6 Å². The lowest BCUT2D eigenvalue weighted by Crippen LogP contribution is -2.56. The predicted molar refractivity (Wildman–Crippen MR) is 159 cm³/mol. The fourth-order valence-electron chi connectivity index (χ4n) is 6.14. The van der Waals surface area contributed by atoms with Crippen LogP contribution in [0, 0.1) is 0 Å². The van der Waals surface area contributed by atoms with E-state index in [1.54, 1.807) is 30.6 Å². The number of likely N-dealkylation sites (tertiary alicyclic amines) is 2. The zero-order valence-electron chi connectivity index (χ0n) is 24.7. The average Bonchev–Trinajstić information content (AvgIpc) is 3.10. The van der Waals surface area contributed by atoms with Gasteiger partial charge in [0.15, 0.2) is 0 Å². The van der Waals surface area contributed by atoms with E-state index in [0.29, 0.717) is 51.7 Å². The maximum absolute atomic E-state index is 13.9. The summed E-state index contributed by atoms with van der Waals surface area (Å²) >= 11 is 0. The fourth-order valence-corrected chi connectivity index (χ4v) is 6.14. The highest BCUT2D eigenvalue weighted by Gasteiger charge is 2.38. The van der Waals surface area contributed by atoms with Crippen LogP contribution in [0.5, 0.6) is 0 Å². The molecule has 2 aromatic carbocycles. The number of fused-ring (bicyclic) bond motifs is 1. The lowest BCUT2D eigenvalue weighted by atomic mass is 10.0. The zero-order chi connectivity index (χ0) is 29.9. The molecule has 3 aliphatic rings. The summed E-state index contributed by atoms with van der Waals surface area (Å²) in [5.74, 6) is -0.755. The number of carbonyl (C=O) groups excluding carboxylic acids is 4. The van der Waals surface area contributed by atoms with Crippen molar-refractivity contribution in [3.63, 3.8) is 0 Å². The number of rotatable bonds is 5. The number of benzene rings is 2. The van der Waals surface area contributed by atoms with E-state index in [2.05, 4.69) is 10.6 Å². The molecule has 2 saturated heterocycles. The molecular weight excluding hydrogens is 534 g/mol. The van der Waals surface area contributed by atoms with E-state index in [1.165, 1.54) is 0 Å². The summed E-state index contributed by atoms with van der Waals surface area (Å²) in [7, 11) is 0. The van der Waals surface area contributed by atoms with Crippen molar-refractivity contribution in [1.82, 2.24) is 20.0 Å². The van der Waals surface area contributed by atoms with Crippen LogP contribution >= 0.6 is 0 Å². The summed E-state index contributed by atoms with van der Waals surface area (Å²) < 4.78 is 5.55. The molecule has 42 heavy (non-hydrogen) atoms. The van der Waals surface area contributed by atoms with E-state index in [1.807, 2.05) is 59.5 Å². The molecule has 2 N–H and O–H groups in total. The van der Waals surface area contributed by atoms with Crippen LogP contribution < -0.4 is 10.6 Å². The van der Waals surface area contributed by atoms with Crippen molar-refractivity contribution in [2.45, 2.75) is 83.1 Å². The SMILES string of the molecule is CC(C)(C)OC(=O)CN1C(=O)[C@@H](NC(=O)N2CCC(N3Cc4ccccc4NC3=O)CC2)CCC[C@H]1c1ccccc1. The second-order valence-corrected chi connectivity index (χ2v) is 12.3. The van der Waals surface area contributed by atoms with Gasteiger partial charge in [-0.15, -0.1) is 0 Å². The highest BCUT2D eigenvalue weighted by molar-refractivity contribution is 5.92. The number of esters is 1. The Hall–Kier alpha value is -4.08. The number of urea groups is 2. The Balaban J connectivity index is 1.22. The van der Waals surface area contributed by atoms with Crippen LogP contribution in [0.4, 0.5) is 15.3 Å². The molecule has 0 saturated carbocycles. The second kappa shape index (κ2) is 12.4. The van der Waals surface area contributed by atoms with Gasteiger partial charge in [0.05, 0.1) is 6.04 Å². The van der Waals surface area contributed by atoms with Gasteiger partial charge in [0, 0.05) is 31.4 Å². The quantitative estimate of drug-likeness (QED) is 0.504. The number of nitrogens with one attached hydrogen (secondary N) is 2. The first kappa shape index (κ1) is 29.4. The molecule has 2 aromatic rings. The summed E-state index contributed by atoms with van der Waals surface area (Å²) in [6.45, 7) is 6.72. The molecule has 2 fully saturated rings. The Labute approximate surface area is 247 Å². The minimum atomic E-state index is -0.740. The van der Waals surface area contributed by atoms with Gasteiger partial charge in [-0.3, -0.25) is 9.59 Å². The molecular formula is C32H41N5O5. The number of hydrogen-bond acceptors (Lipinski definition) is 5. The van der Waals surface area contributed by atoms with Gasteiger partial charge in [-0.1, -0.05) is 48.5 Å². The maximum Gasteiger partial charge on any atom is 0.326 e. The number of para-hydroxylation sites is 1. The van der Waals surface area contributed by atoms with E-state index in [-0.39, 0.29) is 36.6 Å². The Morgan fingerprint density at radius 1 is 0.952 bits per heavy atom. The minimum absolute atomic E-state index is 0.0258. The predicted octanol–water partition coefficient (Wildman–Crippen LogP) is 4.67. The van der Waals surface area contributed by atoms with Gasteiger partial charge in [-0.2, -0.15) is 0 Å². The molecule has 0 radical (unpaired) electrons. The molecule has 0 bridgehead atoms. The number of carbonyl (C=O) groups is 4. The number of amides is 5. The van der Waals surface area contributed by atoms with Crippen molar-refractivity contribution in [3.05, 3.63) is 65.7 Å². The van der Waals surface area contributed by atoms with Gasteiger partial charge < -0.3 is 30.1 Å². The maximum atomic E-state index is 13.9. The van der Waals surface area contributed by atoms with Crippen LogP contribution in [0.2, 0.25) is 0 Å². The first-order valence-electron chi connectivity index (χ1n) is 14.9. The highest BCUT2D eigenvalue weighted by Crippen LogP contribution is 2.32. The molecule has 10 heteroatoms. The standard InChI is InChI=1S/C32H41N5O5/c1-32(2,3)42-28(38)21-37-27(22-10-5-4-6-11-22)15-9-14-26(29(37)39)34-30(40)35-18-16-24(17-19-35)36-20-23-12-7-8-13-25(23)33-31(36)41/h4-8,10-13,24,26-27H,9,14-21H2,1-3H3,(H,33,41)(H,34,40)/t26-,27-/m0/s1. The van der Waals surface area contributed by atoms with Crippen LogP contribution in [0.1, 0.15) is 70.0 Å². The van der Waals surface area contributed by atoms with Gasteiger partial charge >= 0.3 is 18.0 Å². The van der Waals surface area contributed by atoms with Crippen LogP contribution in [0.15, 0.2) is 54.6 Å². The second-order valence-electron chi connectivity index (χ2n) is 12.3. The molecule has 5 amide bonds. The van der Waals surface area contributed by atoms with Gasteiger partial charge in [0.1, 0.15) is 18.2 Å². The largest absolute Gasteiger partial charge is 0.459 e. The van der Waals surface area contributed by atoms with Crippen molar-refractivity contribution in [1.29, 1.82) is 0 Å². The molecule has 0 spiro atoms.